The number of piperidine rings is 2. The van der Waals surface area contributed by atoms with Gasteiger partial charge in [0.1, 0.15) is 5.60 Å². The first-order valence-corrected chi connectivity index (χ1v) is 13.8. The van der Waals surface area contributed by atoms with Crippen molar-refractivity contribution >= 4 is 5.91 Å². The summed E-state index contributed by atoms with van der Waals surface area (Å²) in [5, 5.41) is 23.6. The van der Waals surface area contributed by atoms with Crippen molar-refractivity contribution in [2.45, 2.75) is 73.6 Å². The number of ether oxygens (including phenoxy) is 1. The van der Waals surface area contributed by atoms with Crippen LogP contribution < -0.4 is 4.74 Å². The molecule has 37 heavy (non-hydrogen) atoms. The van der Waals surface area contributed by atoms with Gasteiger partial charge in [-0.05, 0) is 75.1 Å². The third-order valence-corrected chi connectivity index (χ3v) is 10.8. The highest BCUT2D eigenvalue weighted by atomic mass is 16.5. The van der Waals surface area contributed by atoms with Crippen molar-refractivity contribution in [3.63, 3.8) is 0 Å². The Bertz CT molecular complexity index is 1410. The van der Waals surface area contributed by atoms with E-state index in [1.165, 1.54) is 18.4 Å². The van der Waals surface area contributed by atoms with Crippen LogP contribution in [0.25, 0.3) is 0 Å². The van der Waals surface area contributed by atoms with Gasteiger partial charge in [-0.15, -0.1) is 0 Å². The van der Waals surface area contributed by atoms with E-state index in [1.54, 1.807) is 6.07 Å². The summed E-state index contributed by atoms with van der Waals surface area (Å²) in [5.41, 5.74) is 0.0803. The van der Waals surface area contributed by atoms with Crippen molar-refractivity contribution in [2.24, 2.45) is 5.92 Å². The molecule has 5 fully saturated rings. The molecule has 190 valence electrons. The average Bonchev–Trinajstić information content (AvgIpc) is 3.68. The van der Waals surface area contributed by atoms with Gasteiger partial charge in [0.2, 0.25) is 0 Å². The second-order valence-corrected chi connectivity index (χ2v) is 12.0. The van der Waals surface area contributed by atoms with Crippen molar-refractivity contribution in [1.82, 2.24) is 9.80 Å². The van der Waals surface area contributed by atoms with E-state index >= 15 is 0 Å². The van der Waals surface area contributed by atoms with Crippen LogP contribution >= 0.6 is 0 Å². The van der Waals surface area contributed by atoms with Gasteiger partial charge >= 0.3 is 0 Å². The molecule has 2 aliphatic heterocycles. The minimum Gasteiger partial charge on any atom is -0.504 e. The summed E-state index contributed by atoms with van der Waals surface area (Å²) in [6.07, 6.45) is 5.23. The Kier molecular flexibility index (Phi) is 4.10. The predicted molar refractivity (Wildman–Crippen MR) is 137 cm³/mol. The van der Waals surface area contributed by atoms with Crippen molar-refractivity contribution < 1.29 is 19.7 Å². The molecule has 2 aromatic carbocycles. The molecule has 7 aliphatic rings. The standard InChI is InChI=1S/C31H32N2O4/c1-2-33(25(35)13-10-20-6-4-3-5-7-20)24-14-15-30(36)28-16-17-32(19-21-8-9-21)29(30)18-22-11-12-23(34)27(26(22)28)37-31(24,28)29/h3-7,11-12,21,24,34,36H,2,8-9,14-19H2,1H3/t24?,28-,29?,30+,31-/m1/s1. The average molecular weight is 497 g/mol. The molecule has 6 nitrogen and oxygen atoms in total. The SMILES string of the molecule is CCN(C(=O)C#Cc1ccccc1)C1CC[C@@]2(O)C34Cc5ccc(O)c6c5[C@@]2(CCN3CC2CC2)[C@]14O6. The number of phenols is 1. The van der Waals surface area contributed by atoms with E-state index in [2.05, 4.69) is 16.7 Å². The monoisotopic (exact) mass is 496 g/mol. The van der Waals surface area contributed by atoms with Crippen LogP contribution in [0.1, 0.15) is 55.7 Å². The Balaban J connectivity index is 1.29. The highest BCUT2D eigenvalue weighted by Gasteiger charge is 2.99. The topological polar surface area (TPSA) is 73.2 Å². The van der Waals surface area contributed by atoms with Gasteiger partial charge in [0, 0.05) is 36.7 Å². The lowest BCUT2D eigenvalue weighted by atomic mass is 9.24. The second-order valence-electron chi connectivity index (χ2n) is 12.0. The summed E-state index contributed by atoms with van der Waals surface area (Å²) in [6.45, 7) is 4.40. The Morgan fingerprint density at radius 3 is 2.73 bits per heavy atom. The Morgan fingerprint density at radius 2 is 1.97 bits per heavy atom. The summed E-state index contributed by atoms with van der Waals surface area (Å²) < 4.78 is 7.02. The number of aromatic hydroxyl groups is 1. The summed E-state index contributed by atoms with van der Waals surface area (Å²) in [6, 6.07) is 13.1. The maximum Gasteiger partial charge on any atom is 0.299 e. The smallest absolute Gasteiger partial charge is 0.299 e. The quantitative estimate of drug-likeness (QED) is 0.637. The summed E-state index contributed by atoms with van der Waals surface area (Å²) in [7, 11) is 0. The van der Waals surface area contributed by atoms with Crippen molar-refractivity contribution in [3.8, 4) is 23.3 Å². The number of amides is 1. The Morgan fingerprint density at radius 1 is 1.16 bits per heavy atom. The van der Waals surface area contributed by atoms with Crippen LogP contribution in [0.5, 0.6) is 11.5 Å². The fourth-order valence-corrected chi connectivity index (χ4v) is 9.54. The number of rotatable bonds is 4. The third-order valence-electron chi connectivity index (χ3n) is 10.8. The van der Waals surface area contributed by atoms with Crippen molar-refractivity contribution in [2.75, 3.05) is 19.6 Å². The number of benzene rings is 2. The van der Waals surface area contributed by atoms with Gasteiger partial charge in [-0.3, -0.25) is 9.69 Å². The van der Waals surface area contributed by atoms with E-state index in [4.69, 9.17) is 4.74 Å². The molecule has 1 amide bonds. The first kappa shape index (κ1) is 22.0. The van der Waals surface area contributed by atoms with Crippen LogP contribution in [0, 0.1) is 17.8 Å². The van der Waals surface area contributed by atoms with Gasteiger partial charge in [0.05, 0.1) is 17.0 Å². The molecule has 0 radical (unpaired) electrons. The molecule has 2 N–H and O–H groups in total. The van der Waals surface area contributed by atoms with E-state index in [0.29, 0.717) is 37.5 Å². The van der Waals surface area contributed by atoms with Crippen molar-refractivity contribution in [3.05, 3.63) is 59.2 Å². The van der Waals surface area contributed by atoms with Crippen LogP contribution in [0.4, 0.5) is 0 Å². The summed E-state index contributed by atoms with van der Waals surface area (Å²) in [4.78, 5) is 18.1. The Labute approximate surface area is 217 Å². The molecule has 5 aliphatic carbocycles. The summed E-state index contributed by atoms with van der Waals surface area (Å²) in [5.74, 6) is 7.09. The van der Waals surface area contributed by atoms with E-state index < -0.39 is 22.2 Å². The summed E-state index contributed by atoms with van der Waals surface area (Å²) >= 11 is 0. The van der Waals surface area contributed by atoms with Crippen LogP contribution in [-0.4, -0.2) is 68.3 Å². The number of phenolic OH excluding ortho intramolecular Hbond substituents is 1. The molecule has 4 bridgehead atoms. The van der Waals surface area contributed by atoms with Gasteiger partial charge in [-0.25, -0.2) is 0 Å². The highest BCUT2D eigenvalue weighted by molar-refractivity contribution is 5.95. The lowest BCUT2D eigenvalue weighted by Crippen LogP contribution is -3.06. The van der Waals surface area contributed by atoms with E-state index in [9.17, 15) is 15.0 Å². The molecule has 5 atom stereocenters. The highest BCUT2D eigenvalue weighted by Crippen LogP contribution is 2.84. The van der Waals surface area contributed by atoms with Crippen LogP contribution in [0.2, 0.25) is 0 Å². The molecule has 6 heteroatoms. The first-order valence-electron chi connectivity index (χ1n) is 13.8. The van der Waals surface area contributed by atoms with Crippen LogP contribution in [0.3, 0.4) is 0 Å². The largest absolute Gasteiger partial charge is 0.504 e. The predicted octanol–water partition coefficient (Wildman–Crippen LogP) is 2.98. The van der Waals surface area contributed by atoms with Gasteiger partial charge in [-0.1, -0.05) is 30.2 Å². The minimum atomic E-state index is -0.923. The number of hydrogen-bond donors (Lipinski definition) is 2. The lowest BCUT2D eigenvalue weighted by Gasteiger charge is -2.87. The molecular formula is C31H32N2O4. The first-order chi connectivity index (χ1) is 17.9. The Hall–Kier alpha value is -3.01. The molecular weight excluding hydrogens is 464 g/mol. The minimum absolute atomic E-state index is 0.139. The van der Waals surface area contributed by atoms with Gasteiger partial charge in [0.25, 0.3) is 5.91 Å². The normalized spacial score (nSPS) is 37.6. The zero-order chi connectivity index (χ0) is 25.2. The number of likely N-dealkylation sites (tertiary alicyclic amines) is 1. The molecule has 4 saturated carbocycles. The van der Waals surface area contributed by atoms with Crippen molar-refractivity contribution in [1.29, 1.82) is 0 Å². The zero-order valence-corrected chi connectivity index (χ0v) is 21.2. The van der Waals surface area contributed by atoms with Crippen LogP contribution in [-0.2, 0) is 16.6 Å². The molecule has 1 saturated heterocycles. The van der Waals surface area contributed by atoms with E-state index in [-0.39, 0.29) is 17.7 Å². The number of fused-ring (bicyclic) bond motifs is 2. The van der Waals surface area contributed by atoms with Gasteiger partial charge in [-0.2, -0.15) is 0 Å². The third kappa shape index (κ3) is 2.20. The molecule has 2 unspecified atom stereocenters. The number of carbonyl (C=O) groups is 1. The zero-order valence-electron chi connectivity index (χ0n) is 21.2. The number of hydrogen-bond acceptors (Lipinski definition) is 5. The number of aliphatic hydroxyl groups is 1. The second kappa shape index (κ2) is 6.89. The number of likely N-dealkylation sites (N-methyl/N-ethyl adjacent to an activating group) is 1. The molecule has 2 aromatic rings. The fourth-order valence-electron chi connectivity index (χ4n) is 9.54. The van der Waals surface area contributed by atoms with Gasteiger partial charge in [0.15, 0.2) is 17.1 Å². The number of nitrogens with zero attached hydrogens (tertiary/aromatic N) is 2. The van der Waals surface area contributed by atoms with E-state index in [1.807, 2.05) is 48.2 Å². The van der Waals surface area contributed by atoms with Gasteiger partial charge < -0.3 is 19.8 Å². The molecule has 0 aromatic heterocycles. The molecule has 9 rings (SSSR count). The molecule has 2 heterocycles. The van der Waals surface area contributed by atoms with Crippen LogP contribution in [0.15, 0.2) is 42.5 Å². The van der Waals surface area contributed by atoms with E-state index in [0.717, 1.165) is 30.6 Å². The maximum absolute atomic E-state index is 13.7. The molecule has 1 spiro atoms. The maximum atomic E-state index is 13.7. The fraction of sp³-hybridized carbons (Fsp3) is 0.516. The lowest BCUT2D eigenvalue weighted by molar-refractivity contribution is -0.408. The number of carbonyl (C=O) groups excluding carboxylic acids is 1.